The van der Waals surface area contributed by atoms with Crippen molar-refractivity contribution in [3.8, 4) is 5.75 Å². The van der Waals surface area contributed by atoms with E-state index in [0.717, 1.165) is 31.2 Å². The highest BCUT2D eigenvalue weighted by Gasteiger charge is 2.49. The molecule has 0 radical (unpaired) electrons. The van der Waals surface area contributed by atoms with Crippen molar-refractivity contribution in [3.05, 3.63) is 29.8 Å². The van der Waals surface area contributed by atoms with Crippen molar-refractivity contribution in [1.82, 2.24) is 14.7 Å². The number of hydrogen-bond donors (Lipinski definition) is 0. The van der Waals surface area contributed by atoms with Gasteiger partial charge >= 0.3 is 6.03 Å². The van der Waals surface area contributed by atoms with Gasteiger partial charge < -0.3 is 14.5 Å². The van der Waals surface area contributed by atoms with Crippen molar-refractivity contribution in [2.24, 2.45) is 0 Å². The van der Waals surface area contributed by atoms with Crippen LogP contribution in [0.15, 0.2) is 24.3 Å². The van der Waals surface area contributed by atoms with Gasteiger partial charge in [-0.1, -0.05) is 31.4 Å². The van der Waals surface area contributed by atoms with Crippen LogP contribution in [0.3, 0.4) is 0 Å². The molecule has 4 amide bonds. The first kappa shape index (κ1) is 19.7. The zero-order chi connectivity index (χ0) is 20.4. The molecule has 1 unspecified atom stereocenters. The SMILES string of the molecule is Cc1cccc(OCC(=O)N2CCCN3C(=O)N(C4CCCCC4)C(=O)C3C2)c1. The number of amides is 4. The molecule has 3 fully saturated rings. The zero-order valence-electron chi connectivity index (χ0n) is 17.0. The van der Waals surface area contributed by atoms with E-state index in [2.05, 4.69) is 0 Å². The predicted molar refractivity (Wildman–Crippen MR) is 107 cm³/mol. The average molecular weight is 399 g/mol. The number of imide groups is 1. The topological polar surface area (TPSA) is 70.2 Å². The van der Waals surface area contributed by atoms with Gasteiger partial charge in [0.25, 0.3) is 11.8 Å². The van der Waals surface area contributed by atoms with E-state index >= 15 is 0 Å². The average Bonchev–Trinajstić information content (AvgIpc) is 2.88. The summed E-state index contributed by atoms with van der Waals surface area (Å²) < 4.78 is 5.65. The second-order valence-electron chi connectivity index (χ2n) is 8.29. The molecular weight excluding hydrogens is 370 g/mol. The summed E-state index contributed by atoms with van der Waals surface area (Å²) in [6, 6.07) is 6.86. The minimum Gasteiger partial charge on any atom is -0.484 e. The quantitative estimate of drug-likeness (QED) is 0.730. The Kier molecular flexibility index (Phi) is 5.74. The number of hydrogen-bond acceptors (Lipinski definition) is 4. The summed E-state index contributed by atoms with van der Waals surface area (Å²) in [5, 5.41) is 0. The fourth-order valence-corrected chi connectivity index (χ4v) is 4.66. The van der Waals surface area contributed by atoms with Crippen molar-refractivity contribution in [1.29, 1.82) is 0 Å². The Bertz CT molecular complexity index is 790. The Morgan fingerprint density at radius 3 is 2.66 bits per heavy atom. The molecule has 1 aliphatic carbocycles. The summed E-state index contributed by atoms with van der Waals surface area (Å²) in [4.78, 5) is 43.6. The highest BCUT2D eigenvalue weighted by atomic mass is 16.5. The van der Waals surface area contributed by atoms with Crippen LogP contribution in [0.4, 0.5) is 4.79 Å². The summed E-state index contributed by atoms with van der Waals surface area (Å²) in [5.41, 5.74) is 1.07. The van der Waals surface area contributed by atoms with Gasteiger partial charge in [-0.2, -0.15) is 0 Å². The molecule has 7 nitrogen and oxygen atoms in total. The number of carbonyl (C=O) groups is 3. The normalized spacial score (nSPS) is 23.2. The number of carbonyl (C=O) groups excluding carboxylic acids is 3. The van der Waals surface area contributed by atoms with Crippen molar-refractivity contribution in [2.45, 2.75) is 57.5 Å². The fraction of sp³-hybridized carbons (Fsp3) is 0.591. The molecule has 0 bridgehead atoms. The number of nitrogens with zero attached hydrogens (tertiary/aromatic N) is 3. The lowest BCUT2D eigenvalue weighted by Crippen LogP contribution is -2.46. The van der Waals surface area contributed by atoms with Gasteiger partial charge in [-0.05, 0) is 43.9 Å². The molecule has 1 atom stereocenters. The Hall–Kier alpha value is -2.57. The summed E-state index contributed by atoms with van der Waals surface area (Å²) in [6.07, 6.45) is 5.75. The van der Waals surface area contributed by atoms with Crippen LogP contribution in [0.25, 0.3) is 0 Å². The van der Waals surface area contributed by atoms with E-state index in [1.807, 2.05) is 31.2 Å². The van der Waals surface area contributed by atoms with Crippen LogP contribution in [0.1, 0.15) is 44.1 Å². The molecule has 2 heterocycles. The summed E-state index contributed by atoms with van der Waals surface area (Å²) >= 11 is 0. The minimum absolute atomic E-state index is 0.0180. The monoisotopic (exact) mass is 399 g/mol. The number of aryl methyl sites for hydroxylation is 1. The van der Waals surface area contributed by atoms with Gasteiger partial charge in [0.2, 0.25) is 0 Å². The summed E-state index contributed by atoms with van der Waals surface area (Å²) in [6.45, 7) is 3.21. The molecule has 0 N–H and O–H groups in total. The Labute approximate surface area is 171 Å². The molecule has 1 aromatic rings. The van der Waals surface area contributed by atoms with E-state index in [0.29, 0.717) is 25.3 Å². The molecule has 3 aliphatic rings. The van der Waals surface area contributed by atoms with E-state index in [1.165, 1.54) is 11.3 Å². The second kappa shape index (κ2) is 8.43. The first-order valence-corrected chi connectivity index (χ1v) is 10.7. The lowest BCUT2D eigenvalue weighted by Gasteiger charge is -2.29. The maximum atomic E-state index is 13.1. The van der Waals surface area contributed by atoms with Gasteiger partial charge in [-0.3, -0.25) is 14.5 Å². The van der Waals surface area contributed by atoms with Gasteiger partial charge in [0.15, 0.2) is 6.61 Å². The molecule has 7 heteroatoms. The van der Waals surface area contributed by atoms with Gasteiger partial charge in [0, 0.05) is 19.1 Å². The molecule has 0 aromatic heterocycles. The third-order valence-electron chi connectivity index (χ3n) is 6.22. The molecule has 2 saturated heterocycles. The number of rotatable bonds is 4. The fourth-order valence-electron chi connectivity index (χ4n) is 4.66. The second-order valence-corrected chi connectivity index (χ2v) is 8.29. The van der Waals surface area contributed by atoms with Crippen molar-refractivity contribution in [3.63, 3.8) is 0 Å². The molecule has 29 heavy (non-hydrogen) atoms. The lowest BCUT2D eigenvalue weighted by molar-refractivity contribution is -0.135. The minimum atomic E-state index is -0.560. The maximum absolute atomic E-state index is 13.1. The molecule has 1 aromatic carbocycles. The van der Waals surface area contributed by atoms with Crippen LogP contribution in [-0.4, -0.2) is 70.9 Å². The van der Waals surface area contributed by atoms with Gasteiger partial charge in [0.1, 0.15) is 11.8 Å². The van der Waals surface area contributed by atoms with E-state index in [9.17, 15) is 14.4 Å². The van der Waals surface area contributed by atoms with Crippen LogP contribution in [-0.2, 0) is 9.59 Å². The summed E-state index contributed by atoms with van der Waals surface area (Å²) in [7, 11) is 0. The van der Waals surface area contributed by atoms with E-state index in [-0.39, 0.29) is 37.0 Å². The smallest absolute Gasteiger partial charge is 0.327 e. The third-order valence-corrected chi connectivity index (χ3v) is 6.22. The van der Waals surface area contributed by atoms with Crippen LogP contribution in [0.5, 0.6) is 5.75 Å². The Morgan fingerprint density at radius 2 is 1.90 bits per heavy atom. The third kappa shape index (κ3) is 4.09. The predicted octanol–water partition coefficient (Wildman–Crippen LogP) is 2.57. The highest BCUT2D eigenvalue weighted by Crippen LogP contribution is 2.30. The van der Waals surface area contributed by atoms with Crippen molar-refractivity contribution in [2.75, 3.05) is 26.2 Å². The molecule has 4 rings (SSSR count). The van der Waals surface area contributed by atoms with E-state index < -0.39 is 6.04 Å². The maximum Gasteiger partial charge on any atom is 0.327 e. The lowest BCUT2D eigenvalue weighted by atomic mass is 9.94. The van der Waals surface area contributed by atoms with Crippen LogP contribution in [0.2, 0.25) is 0 Å². The van der Waals surface area contributed by atoms with E-state index in [4.69, 9.17) is 4.74 Å². The van der Waals surface area contributed by atoms with E-state index in [1.54, 1.807) is 9.80 Å². The van der Waals surface area contributed by atoms with Crippen molar-refractivity contribution >= 4 is 17.8 Å². The van der Waals surface area contributed by atoms with Gasteiger partial charge in [0.05, 0.1) is 6.54 Å². The van der Waals surface area contributed by atoms with Crippen LogP contribution < -0.4 is 4.74 Å². The Morgan fingerprint density at radius 1 is 1.10 bits per heavy atom. The zero-order valence-corrected chi connectivity index (χ0v) is 17.0. The number of urea groups is 1. The first-order valence-electron chi connectivity index (χ1n) is 10.7. The largest absolute Gasteiger partial charge is 0.484 e. The molecule has 2 aliphatic heterocycles. The first-order chi connectivity index (χ1) is 14.0. The molecule has 0 spiro atoms. The number of ether oxygens (including phenoxy) is 1. The number of fused-ring (bicyclic) bond motifs is 1. The van der Waals surface area contributed by atoms with Gasteiger partial charge in [-0.25, -0.2) is 4.79 Å². The standard InChI is InChI=1S/C22H29N3O4/c1-16-7-5-10-18(13-16)29-15-20(26)23-11-6-12-24-19(14-23)21(27)25(22(24)28)17-8-3-2-4-9-17/h5,7,10,13,17,19H,2-4,6,8-9,11-12,14-15H2,1H3. The van der Waals surface area contributed by atoms with Gasteiger partial charge in [-0.15, -0.1) is 0 Å². The summed E-state index contributed by atoms with van der Waals surface area (Å²) in [5.74, 6) is 0.372. The Balaban J connectivity index is 1.41. The van der Waals surface area contributed by atoms with Crippen molar-refractivity contribution < 1.29 is 19.1 Å². The molecular formula is C22H29N3O4. The highest BCUT2D eigenvalue weighted by molar-refractivity contribution is 6.05. The molecule has 1 saturated carbocycles. The number of benzene rings is 1. The van der Waals surface area contributed by atoms with Crippen LogP contribution in [0, 0.1) is 6.92 Å². The molecule has 156 valence electrons. The van der Waals surface area contributed by atoms with Crippen LogP contribution >= 0.6 is 0 Å².